The summed E-state index contributed by atoms with van der Waals surface area (Å²) in [5.74, 6) is 1.62. The lowest BCUT2D eigenvalue weighted by molar-refractivity contribution is 0.146. The number of rotatable bonds is 4. The first-order valence-corrected chi connectivity index (χ1v) is 8.92. The number of aromatic nitrogens is 1. The Balaban J connectivity index is 2.05. The van der Waals surface area contributed by atoms with Gasteiger partial charge in [-0.05, 0) is 54.6 Å². The van der Waals surface area contributed by atoms with Crippen LogP contribution < -0.4 is 0 Å². The van der Waals surface area contributed by atoms with Crippen LogP contribution in [0.2, 0.25) is 0 Å². The second-order valence-corrected chi connectivity index (χ2v) is 8.39. The van der Waals surface area contributed by atoms with Gasteiger partial charge in [-0.2, -0.15) is 0 Å². The maximum Gasteiger partial charge on any atom is 0.0409 e. The third-order valence-electron chi connectivity index (χ3n) is 4.97. The Bertz CT molecular complexity index is 424. The highest BCUT2D eigenvalue weighted by atomic mass is 79.9. The second kappa shape index (κ2) is 6.60. The van der Waals surface area contributed by atoms with Crippen molar-refractivity contribution in [1.82, 2.24) is 4.98 Å². The Morgan fingerprint density at radius 3 is 2.60 bits per heavy atom. The van der Waals surface area contributed by atoms with Crippen LogP contribution in [0, 0.1) is 17.3 Å². The van der Waals surface area contributed by atoms with Gasteiger partial charge in [-0.15, -0.1) is 0 Å². The van der Waals surface area contributed by atoms with Gasteiger partial charge in [0.2, 0.25) is 0 Å². The number of aryl methyl sites for hydroxylation is 1. The maximum absolute atomic E-state index is 4.65. The van der Waals surface area contributed by atoms with E-state index in [1.54, 1.807) is 0 Å². The topological polar surface area (TPSA) is 12.9 Å². The molecule has 0 saturated heterocycles. The molecule has 1 aromatic heterocycles. The van der Waals surface area contributed by atoms with E-state index in [1.165, 1.54) is 30.5 Å². The van der Waals surface area contributed by atoms with Gasteiger partial charge in [0.15, 0.2) is 0 Å². The van der Waals surface area contributed by atoms with Crippen molar-refractivity contribution in [2.45, 2.75) is 64.6 Å². The van der Waals surface area contributed by atoms with Gasteiger partial charge in [-0.3, -0.25) is 4.98 Å². The molecule has 20 heavy (non-hydrogen) atoms. The largest absolute Gasteiger partial charge is 0.261 e. The number of halogens is 1. The van der Waals surface area contributed by atoms with Crippen LogP contribution in [0.3, 0.4) is 0 Å². The van der Waals surface area contributed by atoms with E-state index in [0.29, 0.717) is 10.2 Å². The van der Waals surface area contributed by atoms with Crippen molar-refractivity contribution in [3.63, 3.8) is 0 Å². The Hall–Kier alpha value is -0.370. The fourth-order valence-corrected chi connectivity index (χ4v) is 5.18. The molecule has 1 aliphatic rings. The quantitative estimate of drug-likeness (QED) is 0.669. The molecule has 0 aliphatic heterocycles. The van der Waals surface area contributed by atoms with E-state index >= 15 is 0 Å². The highest BCUT2D eigenvalue weighted by molar-refractivity contribution is 9.09. The summed E-state index contributed by atoms with van der Waals surface area (Å²) in [6.45, 7) is 9.39. The van der Waals surface area contributed by atoms with Gasteiger partial charge < -0.3 is 0 Å². The van der Waals surface area contributed by atoms with Gasteiger partial charge in [0, 0.05) is 16.7 Å². The second-order valence-electron chi connectivity index (χ2n) is 7.22. The summed E-state index contributed by atoms with van der Waals surface area (Å²) in [6.07, 6.45) is 8.23. The standard InChI is InChI=1S/C18H28BrN/c1-5-14-7-8-15(20-12-14)11-18(3,4)16-9-6-13(2)10-17(16)19/h7-8,12-13,16-17H,5-6,9-11H2,1-4H3. The van der Waals surface area contributed by atoms with Gasteiger partial charge in [-0.1, -0.05) is 56.1 Å². The first-order chi connectivity index (χ1) is 9.42. The summed E-state index contributed by atoms with van der Waals surface area (Å²) >= 11 is 3.95. The fraction of sp³-hybridized carbons (Fsp3) is 0.722. The predicted octanol–water partition coefficient (Wildman–Crippen LogP) is 5.41. The van der Waals surface area contributed by atoms with Gasteiger partial charge in [0.05, 0.1) is 0 Å². The van der Waals surface area contributed by atoms with E-state index in [1.807, 2.05) is 6.20 Å². The van der Waals surface area contributed by atoms with E-state index in [9.17, 15) is 0 Å². The first kappa shape index (κ1) is 16.0. The monoisotopic (exact) mass is 337 g/mol. The first-order valence-electron chi connectivity index (χ1n) is 8.00. The zero-order chi connectivity index (χ0) is 14.8. The van der Waals surface area contributed by atoms with Crippen LogP contribution in [0.15, 0.2) is 18.3 Å². The molecule has 1 aromatic rings. The van der Waals surface area contributed by atoms with Crippen LogP contribution >= 0.6 is 15.9 Å². The molecule has 0 bridgehead atoms. The van der Waals surface area contributed by atoms with Crippen molar-refractivity contribution in [2.24, 2.45) is 17.3 Å². The lowest BCUT2D eigenvalue weighted by Crippen LogP contribution is -2.37. The van der Waals surface area contributed by atoms with E-state index in [4.69, 9.17) is 0 Å². The maximum atomic E-state index is 4.65. The number of alkyl halides is 1. The van der Waals surface area contributed by atoms with Crippen LogP contribution in [-0.4, -0.2) is 9.81 Å². The molecule has 0 N–H and O–H groups in total. The molecule has 112 valence electrons. The molecule has 0 amide bonds. The Labute approximate surface area is 132 Å². The molecule has 1 aliphatic carbocycles. The zero-order valence-corrected chi connectivity index (χ0v) is 14.9. The van der Waals surface area contributed by atoms with Crippen LogP contribution in [0.1, 0.15) is 58.2 Å². The summed E-state index contributed by atoms with van der Waals surface area (Å²) in [6, 6.07) is 4.45. The highest BCUT2D eigenvalue weighted by Crippen LogP contribution is 2.44. The van der Waals surface area contributed by atoms with Crippen molar-refractivity contribution in [2.75, 3.05) is 0 Å². The van der Waals surface area contributed by atoms with Crippen molar-refractivity contribution in [3.05, 3.63) is 29.6 Å². The van der Waals surface area contributed by atoms with E-state index < -0.39 is 0 Å². The Morgan fingerprint density at radius 1 is 1.30 bits per heavy atom. The number of nitrogens with zero attached hydrogens (tertiary/aromatic N) is 1. The molecule has 1 heterocycles. The molecule has 1 nitrogen and oxygen atoms in total. The van der Waals surface area contributed by atoms with Crippen LogP contribution in [0.4, 0.5) is 0 Å². The molecule has 0 spiro atoms. The van der Waals surface area contributed by atoms with Crippen molar-refractivity contribution in [3.8, 4) is 0 Å². The average molecular weight is 338 g/mol. The lowest BCUT2D eigenvalue weighted by atomic mass is 9.67. The van der Waals surface area contributed by atoms with Crippen molar-refractivity contribution >= 4 is 15.9 Å². The Kier molecular flexibility index (Phi) is 5.28. The van der Waals surface area contributed by atoms with Gasteiger partial charge in [0.25, 0.3) is 0 Å². The fourth-order valence-electron chi connectivity index (χ4n) is 3.56. The molecular formula is C18H28BrN. The Morgan fingerprint density at radius 2 is 2.05 bits per heavy atom. The zero-order valence-electron chi connectivity index (χ0n) is 13.3. The minimum atomic E-state index is 0.315. The van der Waals surface area contributed by atoms with Crippen LogP contribution in [0.25, 0.3) is 0 Å². The SMILES string of the molecule is CCc1ccc(CC(C)(C)C2CCC(C)CC2Br)nc1. The van der Waals surface area contributed by atoms with Gasteiger partial charge >= 0.3 is 0 Å². The summed E-state index contributed by atoms with van der Waals surface area (Å²) in [5.41, 5.74) is 2.89. The van der Waals surface area contributed by atoms with E-state index in [-0.39, 0.29) is 0 Å². The molecular weight excluding hydrogens is 310 g/mol. The molecule has 1 saturated carbocycles. The lowest BCUT2D eigenvalue weighted by Gasteiger charge is -2.42. The van der Waals surface area contributed by atoms with E-state index in [2.05, 4.69) is 60.7 Å². The predicted molar refractivity (Wildman–Crippen MR) is 90.3 cm³/mol. The molecule has 2 heteroatoms. The minimum Gasteiger partial charge on any atom is -0.261 e. The highest BCUT2D eigenvalue weighted by Gasteiger charge is 2.37. The minimum absolute atomic E-state index is 0.315. The molecule has 2 rings (SSSR count). The molecule has 0 radical (unpaired) electrons. The molecule has 3 atom stereocenters. The van der Waals surface area contributed by atoms with Crippen LogP contribution in [-0.2, 0) is 12.8 Å². The van der Waals surface area contributed by atoms with Gasteiger partial charge in [-0.25, -0.2) is 0 Å². The average Bonchev–Trinajstić information content (AvgIpc) is 2.38. The molecule has 1 fully saturated rings. The van der Waals surface area contributed by atoms with Crippen molar-refractivity contribution < 1.29 is 0 Å². The third kappa shape index (κ3) is 3.84. The summed E-state index contributed by atoms with van der Waals surface area (Å²) in [4.78, 5) is 5.32. The third-order valence-corrected chi connectivity index (χ3v) is 5.98. The number of hydrogen-bond acceptors (Lipinski definition) is 1. The van der Waals surface area contributed by atoms with Crippen LogP contribution in [0.5, 0.6) is 0 Å². The number of hydrogen-bond donors (Lipinski definition) is 0. The summed E-state index contributed by atoms with van der Waals surface area (Å²) in [7, 11) is 0. The van der Waals surface area contributed by atoms with E-state index in [0.717, 1.165) is 24.7 Å². The number of pyridine rings is 1. The summed E-state index contributed by atoms with van der Waals surface area (Å²) in [5, 5.41) is 0. The van der Waals surface area contributed by atoms with Crippen molar-refractivity contribution in [1.29, 1.82) is 0 Å². The normalized spacial score (nSPS) is 27.6. The molecule has 3 unspecified atom stereocenters. The van der Waals surface area contributed by atoms with Gasteiger partial charge in [0.1, 0.15) is 0 Å². The smallest absolute Gasteiger partial charge is 0.0409 e. The molecule has 0 aromatic carbocycles. The summed E-state index contributed by atoms with van der Waals surface area (Å²) < 4.78 is 0.